The molecule has 3 aliphatic carbocycles. The van der Waals surface area contributed by atoms with Gasteiger partial charge in [-0.3, -0.25) is 14.4 Å². The van der Waals surface area contributed by atoms with Crippen LogP contribution in [0.15, 0.2) is 0 Å². The third-order valence-electron chi connectivity index (χ3n) is 8.44. The third-order valence-corrected chi connectivity index (χ3v) is 8.44. The number of ketones is 2. The Morgan fingerprint density at radius 1 is 1.04 bits per heavy atom. The highest BCUT2D eigenvalue weighted by Crippen LogP contribution is 2.67. The number of aliphatic hydroxyl groups is 2. The molecule has 4 rings (SSSR count). The van der Waals surface area contributed by atoms with Gasteiger partial charge in [-0.1, -0.05) is 27.7 Å². The molecular weight excluding hydrogens is 336 g/mol. The topological polar surface area (TPSA) is 101 Å². The minimum absolute atomic E-state index is 0.0284. The van der Waals surface area contributed by atoms with Gasteiger partial charge >= 0.3 is 5.97 Å². The van der Waals surface area contributed by atoms with Crippen molar-refractivity contribution in [1.82, 2.24) is 0 Å². The molecule has 1 heterocycles. The van der Waals surface area contributed by atoms with E-state index in [1.54, 1.807) is 13.8 Å². The molecule has 6 nitrogen and oxygen atoms in total. The molecule has 10 atom stereocenters. The number of esters is 1. The SMILES string of the molecule is C[C@H]1[C@H](O)C(=O)[C@@H]2[C@@]3(C)C(=O)[C@@H](O)C[C@@H](C)[C@@H]3C[C@H]3OC(=O)C[C@@H]1[C@@]23C. The van der Waals surface area contributed by atoms with Crippen LogP contribution in [0.1, 0.15) is 47.0 Å². The summed E-state index contributed by atoms with van der Waals surface area (Å²) in [6.07, 6.45) is -1.66. The fraction of sp³-hybridized carbons (Fsp3) is 0.850. The summed E-state index contributed by atoms with van der Waals surface area (Å²) in [7, 11) is 0. The van der Waals surface area contributed by atoms with Crippen LogP contribution in [-0.2, 0) is 19.1 Å². The molecular formula is C20H28O6. The van der Waals surface area contributed by atoms with E-state index in [1.807, 2.05) is 13.8 Å². The number of hydrogen-bond acceptors (Lipinski definition) is 6. The van der Waals surface area contributed by atoms with Crippen molar-refractivity contribution in [2.45, 2.75) is 65.3 Å². The first-order valence-corrected chi connectivity index (χ1v) is 9.68. The quantitative estimate of drug-likeness (QED) is 0.625. The summed E-state index contributed by atoms with van der Waals surface area (Å²) in [6.45, 7) is 7.52. The van der Waals surface area contributed by atoms with E-state index in [2.05, 4.69) is 0 Å². The Hall–Kier alpha value is -1.27. The van der Waals surface area contributed by atoms with Crippen molar-refractivity contribution in [2.75, 3.05) is 0 Å². The van der Waals surface area contributed by atoms with Crippen LogP contribution in [0, 0.1) is 40.4 Å². The Balaban J connectivity index is 1.92. The Morgan fingerprint density at radius 3 is 2.35 bits per heavy atom. The molecule has 0 amide bonds. The van der Waals surface area contributed by atoms with Gasteiger partial charge in [0, 0.05) is 23.2 Å². The summed E-state index contributed by atoms with van der Waals surface area (Å²) >= 11 is 0. The summed E-state index contributed by atoms with van der Waals surface area (Å²) in [5.41, 5.74) is -1.73. The van der Waals surface area contributed by atoms with Crippen molar-refractivity contribution in [3.05, 3.63) is 0 Å². The largest absolute Gasteiger partial charge is 0.462 e. The number of carbonyl (C=O) groups is 3. The Labute approximate surface area is 153 Å². The number of ether oxygens (including phenoxy) is 1. The van der Waals surface area contributed by atoms with Crippen LogP contribution in [0.2, 0.25) is 0 Å². The first kappa shape index (κ1) is 18.1. The van der Waals surface area contributed by atoms with Crippen molar-refractivity contribution in [3.63, 3.8) is 0 Å². The summed E-state index contributed by atoms with van der Waals surface area (Å²) in [5, 5.41) is 21.0. The Kier molecular flexibility index (Phi) is 3.75. The van der Waals surface area contributed by atoms with E-state index >= 15 is 0 Å². The highest BCUT2D eigenvalue weighted by Gasteiger charge is 2.73. The first-order valence-electron chi connectivity index (χ1n) is 9.68. The Morgan fingerprint density at radius 2 is 1.69 bits per heavy atom. The van der Waals surface area contributed by atoms with Crippen molar-refractivity contribution < 1.29 is 29.3 Å². The number of carbonyl (C=O) groups excluding carboxylic acids is 3. The molecule has 4 aliphatic rings. The average molecular weight is 364 g/mol. The number of fused-ring (bicyclic) bond motifs is 2. The lowest BCUT2D eigenvalue weighted by atomic mass is 9.38. The highest BCUT2D eigenvalue weighted by atomic mass is 16.5. The lowest BCUT2D eigenvalue weighted by Crippen LogP contribution is -2.73. The lowest BCUT2D eigenvalue weighted by molar-refractivity contribution is -0.245. The van der Waals surface area contributed by atoms with Gasteiger partial charge in [-0.25, -0.2) is 0 Å². The van der Waals surface area contributed by atoms with Crippen LogP contribution in [0.3, 0.4) is 0 Å². The van der Waals surface area contributed by atoms with E-state index in [9.17, 15) is 24.6 Å². The van der Waals surface area contributed by atoms with Crippen LogP contribution >= 0.6 is 0 Å². The van der Waals surface area contributed by atoms with E-state index in [0.29, 0.717) is 12.8 Å². The zero-order valence-electron chi connectivity index (χ0n) is 15.8. The second kappa shape index (κ2) is 5.38. The molecule has 0 spiro atoms. The van der Waals surface area contributed by atoms with Gasteiger partial charge in [0.05, 0.1) is 0 Å². The predicted octanol–water partition coefficient (Wildman–Crippen LogP) is 1.12. The van der Waals surface area contributed by atoms with E-state index < -0.39 is 35.1 Å². The van der Waals surface area contributed by atoms with Gasteiger partial charge in [0.15, 0.2) is 11.6 Å². The van der Waals surface area contributed by atoms with Gasteiger partial charge in [0.25, 0.3) is 0 Å². The fourth-order valence-corrected chi connectivity index (χ4v) is 7.14. The van der Waals surface area contributed by atoms with Crippen LogP contribution in [0.4, 0.5) is 0 Å². The zero-order valence-corrected chi connectivity index (χ0v) is 15.8. The van der Waals surface area contributed by atoms with Gasteiger partial charge < -0.3 is 14.9 Å². The minimum Gasteiger partial charge on any atom is -0.462 e. The Bertz CT molecular complexity index is 688. The number of hydrogen-bond donors (Lipinski definition) is 2. The average Bonchev–Trinajstić information content (AvgIpc) is 2.56. The van der Waals surface area contributed by atoms with E-state index in [-0.39, 0.29) is 47.6 Å². The lowest BCUT2D eigenvalue weighted by Gasteiger charge is -2.66. The third kappa shape index (κ3) is 1.92. The summed E-state index contributed by atoms with van der Waals surface area (Å²) in [5.74, 6) is -2.36. The second-order valence-corrected chi connectivity index (χ2v) is 9.51. The molecule has 0 aromatic carbocycles. The molecule has 0 aromatic rings. The van der Waals surface area contributed by atoms with Crippen molar-refractivity contribution >= 4 is 17.5 Å². The van der Waals surface area contributed by atoms with Gasteiger partial charge in [0.2, 0.25) is 0 Å². The van der Waals surface area contributed by atoms with Gasteiger partial charge in [0.1, 0.15) is 18.3 Å². The van der Waals surface area contributed by atoms with Crippen molar-refractivity contribution in [2.24, 2.45) is 40.4 Å². The molecule has 144 valence electrons. The number of rotatable bonds is 0. The van der Waals surface area contributed by atoms with Crippen LogP contribution in [-0.4, -0.2) is 46.1 Å². The number of Topliss-reactive ketones (excluding diaryl/α,β-unsaturated/α-hetero) is 2. The van der Waals surface area contributed by atoms with E-state index in [4.69, 9.17) is 4.74 Å². The zero-order chi connectivity index (χ0) is 19.2. The summed E-state index contributed by atoms with van der Waals surface area (Å²) < 4.78 is 5.72. The first-order chi connectivity index (χ1) is 12.0. The smallest absolute Gasteiger partial charge is 0.306 e. The van der Waals surface area contributed by atoms with Gasteiger partial charge in [-0.05, 0) is 36.5 Å². The molecule has 6 heteroatoms. The molecule has 4 fully saturated rings. The van der Waals surface area contributed by atoms with Crippen molar-refractivity contribution in [3.8, 4) is 0 Å². The monoisotopic (exact) mass is 364 g/mol. The molecule has 0 bridgehead atoms. The molecule has 1 saturated heterocycles. The maximum Gasteiger partial charge on any atom is 0.306 e. The van der Waals surface area contributed by atoms with E-state index in [1.165, 1.54) is 0 Å². The van der Waals surface area contributed by atoms with Gasteiger partial charge in [-0.2, -0.15) is 0 Å². The van der Waals surface area contributed by atoms with Crippen molar-refractivity contribution in [1.29, 1.82) is 0 Å². The summed E-state index contributed by atoms with van der Waals surface area (Å²) in [4.78, 5) is 38.7. The normalized spacial score (nSPS) is 56.5. The molecule has 0 aromatic heterocycles. The second-order valence-electron chi connectivity index (χ2n) is 9.51. The minimum atomic E-state index is -1.19. The standard InChI is InChI=1S/C20H28O6/c1-8-5-12(21)18(25)20(4)10(8)6-13-19(3)11(7-14(22)26-13)9(2)15(23)16(24)17(19)20/h8-13,15,17,21,23H,5-7H2,1-4H3/t8-,9-,10+,11+,12+,13-,15+,17+,19-,20+/m1/s1. The molecule has 3 saturated carbocycles. The molecule has 0 unspecified atom stereocenters. The van der Waals surface area contributed by atoms with Crippen LogP contribution in [0.25, 0.3) is 0 Å². The van der Waals surface area contributed by atoms with Crippen LogP contribution < -0.4 is 0 Å². The highest BCUT2D eigenvalue weighted by molar-refractivity contribution is 5.98. The van der Waals surface area contributed by atoms with E-state index in [0.717, 1.165) is 0 Å². The van der Waals surface area contributed by atoms with Gasteiger partial charge in [-0.15, -0.1) is 0 Å². The number of aliphatic hydroxyl groups excluding tert-OH is 2. The molecule has 2 N–H and O–H groups in total. The molecule has 1 aliphatic heterocycles. The fourth-order valence-electron chi connectivity index (χ4n) is 7.14. The maximum atomic E-state index is 13.3. The molecule has 0 radical (unpaired) electrons. The predicted molar refractivity (Wildman–Crippen MR) is 90.8 cm³/mol. The van der Waals surface area contributed by atoms with Crippen LogP contribution in [0.5, 0.6) is 0 Å². The summed E-state index contributed by atoms with van der Waals surface area (Å²) in [6, 6.07) is 0. The molecule has 26 heavy (non-hydrogen) atoms. The maximum absolute atomic E-state index is 13.3.